The van der Waals surface area contributed by atoms with Crippen molar-refractivity contribution in [3.63, 3.8) is 0 Å². The minimum atomic E-state index is -3.89. The molecule has 0 amide bonds. The van der Waals surface area contributed by atoms with Crippen LogP contribution in [0.5, 0.6) is 0 Å². The Morgan fingerprint density at radius 3 is 1.93 bits per heavy atom. The van der Waals surface area contributed by atoms with Crippen LogP contribution in [0.1, 0.15) is 56.6 Å². The van der Waals surface area contributed by atoms with E-state index in [0.717, 1.165) is 6.42 Å². The fourth-order valence-electron chi connectivity index (χ4n) is 2.99. The van der Waals surface area contributed by atoms with Crippen LogP contribution in [0.4, 0.5) is 0 Å². The molecule has 0 aliphatic heterocycles. The standard InChI is InChI=1S/C13H28Si/c1-12(2)8-11(14(5,6)7)9-13(3,4)10-12/h11H,8-10H2,1-7H3/i5D3,6D3,11D. The minimum Gasteiger partial charge on any atom is -0.0693 e. The Morgan fingerprint density at radius 1 is 1.14 bits per heavy atom. The second kappa shape index (κ2) is 3.36. The van der Waals surface area contributed by atoms with E-state index < -0.39 is 26.5 Å². The zero-order valence-corrected chi connectivity index (χ0v) is 11.1. The highest BCUT2D eigenvalue weighted by Gasteiger charge is 2.42. The molecule has 0 heterocycles. The summed E-state index contributed by atoms with van der Waals surface area (Å²) in [5.41, 5.74) is -1.79. The summed E-state index contributed by atoms with van der Waals surface area (Å²) in [6.07, 6.45) is 1.58. The predicted octanol–water partition coefficient (Wildman–Crippen LogP) is 4.93. The molecule has 14 heavy (non-hydrogen) atoms. The van der Waals surface area contributed by atoms with Gasteiger partial charge in [-0.25, -0.2) is 0 Å². The summed E-state index contributed by atoms with van der Waals surface area (Å²) in [5.74, 6) is 0. The van der Waals surface area contributed by atoms with Gasteiger partial charge in [0.25, 0.3) is 0 Å². The molecule has 0 aromatic carbocycles. The van der Waals surface area contributed by atoms with Crippen molar-refractivity contribution in [3.05, 3.63) is 0 Å². The lowest BCUT2D eigenvalue weighted by atomic mass is 9.65. The van der Waals surface area contributed by atoms with Crippen LogP contribution in [-0.2, 0) is 0 Å². The van der Waals surface area contributed by atoms with Crippen LogP contribution in [-0.4, -0.2) is 8.07 Å². The molecule has 1 heteroatoms. The molecule has 0 aromatic rings. The number of hydrogen-bond acceptors (Lipinski definition) is 0. The van der Waals surface area contributed by atoms with E-state index in [1.165, 1.54) is 6.55 Å². The van der Waals surface area contributed by atoms with Gasteiger partial charge in [0.1, 0.15) is 0 Å². The minimum absolute atomic E-state index is 0.214. The third-order valence-electron chi connectivity index (χ3n) is 3.05. The second-order valence-corrected chi connectivity index (χ2v) is 9.54. The fourth-order valence-corrected chi connectivity index (χ4v) is 4.66. The first kappa shape index (κ1) is 5.52. The fraction of sp³-hybridized carbons (Fsp3) is 1.00. The van der Waals surface area contributed by atoms with E-state index in [0.29, 0.717) is 12.8 Å². The van der Waals surface area contributed by atoms with Crippen molar-refractivity contribution >= 4 is 8.07 Å². The molecule has 0 bridgehead atoms. The summed E-state index contributed by atoms with van der Waals surface area (Å²) in [4.78, 5) is 0. The van der Waals surface area contributed by atoms with Gasteiger partial charge in [0.2, 0.25) is 0 Å². The molecule has 84 valence electrons. The summed E-state index contributed by atoms with van der Waals surface area (Å²) in [5, 5.41) is 0. The molecule has 1 aliphatic carbocycles. The Kier molecular flexibility index (Phi) is 1.33. The molecule has 0 nitrogen and oxygen atoms in total. The van der Waals surface area contributed by atoms with E-state index in [1.807, 2.05) is 27.7 Å². The van der Waals surface area contributed by atoms with Crippen molar-refractivity contribution in [3.8, 4) is 0 Å². The monoisotopic (exact) mass is 219 g/mol. The van der Waals surface area contributed by atoms with Crippen molar-refractivity contribution in [2.75, 3.05) is 0 Å². The lowest BCUT2D eigenvalue weighted by molar-refractivity contribution is 0.114. The van der Waals surface area contributed by atoms with Gasteiger partial charge in [-0.3, -0.25) is 0 Å². The van der Waals surface area contributed by atoms with Gasteiger partial charge in [-0.2, -0.15) is 0 Å². The average Bonchev–Trinajstić information content (AvgIpc) is 2.05. The van der Waals surface area contributed by atoms with Crippen molar-refractivity contribution < 1.29 is 9.60 Å². The van der Waals surface area contributed by atoms with E-state index in [4.69, 9.17) is 9.60 Å². The average molecular weight is 219 g/mol. The van der Waals surface area contributed by atoms with Crippen LogP contribution in [0.15, 0.2) is 0 Å². The quantitative estimate of drug-likeness (QED) is 0.549. The molecular formula is C13H28Si. The maximum absolute atomic E-state index is 8.94. The predicted molar refractivity (Wildman–Crippen MR) is 68.5 cm³/mol. The van der Waals surface area contributed by atoms with Gasteiger partial charge >= 0.3 is 0 Å². The number of hydrogen-bond donors (Lipinski definition) is 0. The SMILES string of the molecule is [2H]C([2H])([2H])[Si](C)(C([2H])([2H])[2H])C1([2H])CC(C)(C)CC(C)(C)C1. The normalized spacial score (nSPS) is 39.1. The van der Waals surface area contributed by atoms with Crippen LogP contribution in [0.2, 0.25) is 25.0 Å². The first-order valence-corrected chi connectivity index (χ1v) is 7.87. The Hall–Kier alpha value is 0.217. The molecular weight excluding hydrogens is 184 g/mol. The van der Waals surface area contributed by atoms with E-state index in [9.17, 15) is 0 Å². The van der Waals surface area contributed by atoms with E-state index in [-0.39, 0.29) is 10.8 Å². The van der Waals surface area contributed by atoms with Gasteiger partial charge in [0, 0.05) is 17.7 Å². The summed E-state index contributed by atoms with van der Waals surface area (Å²) in [6.45, 7) is 4.34. The van der Waals surface area contributed by atoms with E-state index in [1.54, 1.807) is 0 Å². The Bertz CT molecular complexity index is 376. The highest BCUT2D eigenvalue weighted by Crippen LogP contribution is 2.53. The first-order valence-electron chi connectivity index (χ1n) is 8.87. The van der Waals surface area contributed by atoms with E-state index in [2.05, 4.69) is 0 Å². The molecule has 1 rings (SSSR count). The third kappa shape index (κ3) is 3.11. The molecule has 0 N–H and O–H groups in total. The van der Waals surface area contributed by atoms with Gasteiger partial charge in [-0.05, 0) is 35.6 Å². The molecule has 1 aliphatic rings. The molecule has 1 fully saturated rings. The van der Waals surface area contributed by atoms with Gasteiger partial charge in [0.05, 0.1) is 0 Å². The smallest absolute Gasteiger partial charge is 0.0474 e. The van der Waals surface area contributed by atoms with Crippen molar-refractivity contribution in [1.29, 1.82) is 0 Å². The Labute approximate surface area is 101 Å². The van der Waals surface area contributed by atoms with Crippen LogP contribution in [0, 0.1) is 10.8 Å². The Morgan fingerprint density at radius 2 is 1.57 bits per heavy atom. The van der Waals surface area contributed by atoms with E-state index >= 15 is 0 Å². The van der Waals surface area contributed by atoms with Crippen LogP contribution < -0.4 is 0 Å². The topological polar surface area (TPSA) is 0 Å². The summed E-state index contributed by atoms with van der Waals surface area (Å²) < 4.78 is 56.2. The third-order valence-corrected chi connectivity index (χ3v) is 4.82. The molecule has 0 radical (unpaired) electrons. The largest absolute Gasteiger partial charge is 0.0693 e. The van der Waals surface area contributed by atoms with Crippen molar-refractivity contribution in [1.82, 2.24) is 0 Å². The highest BCUT2D eigenvalue weighted by atomic mass is 28.3. The highest BCUT2D eigenvalue weighted by molar-refractivity contribution is 6.77. The second-order valence-electron chi connectivity index (χ2n) is 6.59. The maximum Gasteiger partial charge on any atom is 0.0474 e. The molecule has 0 spiro atoms. The summed E-state index contributed by atoms with van der Waals surface area (Å²) >= 11 is 0. The van der Waals surface area contributed by atoms with Gasteiger partial charge in [-0.1, -0.05) is 47.2 Å². The Balaban J connectivity index is 3.50. The lowest BCUT2D eigenvalue weighted by Gasteiger charge is -2.48. The van der Waals surface area contributed by atoms with Crippen LogP contribution >= 0.6 is 0 Å². The zero-order valence-electron chi connectivity index (χ0n) is 17.1. The van der Waals surface area contributed by atoms with Crippen LogP contribution in [0.3, 0.4) is 0 Å². The molecule has 0 aromatic heterocycles. The first-order chi connectivity index (χ1) is 8.87. The lowest BCUT2D eigenvalue weighted by Crippen LogP contribution is -2.40. The summed E-state index contributed by atoms with van der Waals surface area (Å²) in [6, 6.07) is 0. The van der Waals surface area contributed by atoms with Gasteiger partial charge in [-0.15, -0.1) is 0 Å². The number of rotatable bonds is 1. The van der Waals surface area contributed by atoms with Gasteiger partial charge < -0.3 is 0 Å². The summed E-state index contributed by atoms with van der Waals surface area (Å²) in [7, 11) is -3.89. The van der Waals surface area contributed by atoms with Crippen molar-refractivity contribution in [2.24, 2.45) is 10.8 Å². The maximum atomic E-state index is 8.94. The molecule has 0 atom stereocenters. The molecule has 0 saturated heterocycles. The van der Waals surface area contributed by atoms with Gasteiger partial charge in [0.15, 0.2) is 0 Å². The molecule has 1 saturated carbocycles. The van der Waals surface area contributed by atoms with Crippen molar-refractivity contribution in [2.45, 2.75) is 72.0 Å². The van der Waals surface area contributed by atoms with Crippen LogP contribution in [0.25, 0.3) is 0 Å². The molecule has 0 unspecified atom stereocenters. The zero-order chi connectivity index (χ0) is 17.1.